The minimum atomic E-state index is -0.224. The predicted octanol–water partition coefficient (Wildman–Crippen LogP) is 1.53. The van der Waals surface area contributed by atoms with Gasteiger partial charge in [-0.3, -0.25) is 9.67 Å². The highest BCUT2D eigenvalue weighted by atomic mass is 19.1. The third-order valence-electron chi connectivity index (χ3n) is 3.92. The van der Waals surface area contributed by atoms with Crippen molar-refractivity contribution in [1.82, 2.24) is 25.3 Å². The van der Waals surface area contributed by atoms with Crippen molar-refractivity contribution in [3.63, 3.8) is 0 Å². The second-order valence-corrected chi connectivity index (χ2v) is 5.78. The van der Waals surface area contributed by atoms with Crippen LogP contribution in [-0.2, 0) is 13.6 Å². The van der Waals surface area contributed by atoms with Crippen LogP contribution in [0, 0.1) is 5.82 Å². The lowest BCUT2D eigenvalue weighted by molar-refractivity contribution is 0.298. The van der Waals surface area contributed by atoms with Crippen LogP contribution < -0.4 is 10.6 Å². The zero-order valence-electron chi connectivity index (χ0n) is 14.6. The number of aryl methyl sites for hydroxylation is 1. The van der Waals surface area contributed by atoms with Crippen LogP contribution in [0.15, 0.2) is 41.5 Å². The number of nitrogens with one attached hydrogen (secondary N) is 2. The zero-order valence-corrected chi connectivity index (χ0v) is 14.6. The van der Waals surface area contributed by atoms with E-state index in [9.17, 15) is 4.39 Å². The fourth-order valence-corrected chi connectivity index (χ4v) is 2.45. The average molecular weight is 332 g/mol. The van der Waals surface area contributed by atoms with Crippen molar-refractivity contribution >= 4 is 5.96 Å². The van der Waals surface area contributed by atoms with E-state index in [1.807, 2.05) is 44.0 Å². The molecule has 0 aliphatic carbocycles. The molecule has 1 unspecified atom stereocenters. The van der Waals surface area contributed by atoms with Crippen LogP contribution in [0.4, 0.5) is 4.39 Å². The number of rotatable bonds is 6. The number of nitrogens with zero attached hydrogens (tertiary/aromatic N) is 4. The molecule has 0 saturated heterocycles. The molecule has 130 valence electrons. The Hall–Kier alpha value is -2.41. The summed E-state index contributed by atoms with van der Waals surface area (Å²) in [5, 5.41) is 10.7. The number of hydrogen-bond donors (Lipinski definition) is 2. The van der Waals surface area contributed by atoms with Gasteiger partial charge in [-0.25, -0.2) is 4.39 Å². The highest BCUT2D eigenvalue weighted by Gasteiger charge is 2.14. The van der Waals surface area contributed by atoms with Gasteiger partial charge < -0.3 is 15.5 Å². The molecule has 0 radical (unpaired) electrons. The molecule has 24 heavy (non-hydrogen) atoms. The average Bonchev–Trinajstić information content (AvgIpc) is 2.97. The quantitative estimate of drug-likeness (QED) is 0.622. The maximum atomic E-state index is 13.1. The van der Waals surface area contributed by atoms with Crippen LogP contribution in [0.25, 0.3) is 0 Å². The number of guanidine groups is 1. The molecule has 0 bridgehead atoms. The first-order valence-electron chi connectivity index (χ1n) is 7.84. The number of aromatic nitrogens is 2. The molecule has 1 atom stereocenters. The van der Waals surface area contributed by atoms with Crippen LogP contribution in [0.5, 0.6) is 0 Å². The molecule has 0 amide bonds. The van der Waals surface area contributed by atoms with Gasteiger partial charge in [-0.2, -0.15) is 5.10 Å². The number of hydrogen-bond acceptors (Lipinski definition) is 3. The molecule has 2 N–H and O–H groups in total. The molecule has 1 aromatic heterocycles. The Bertz CT molecular complexity index is 662. The molecule has 0 fully saturated rings. The van der Waals surface area contributed by atoms with Crippen LogP contribution in [0.3, 0.4) is 0 Å². The Labute approximate surface area is 142 Å². The largest absolute Gasteiger partial charge is 0.354 e. The normalized spacial score (nSPS) is 13.2. The van der Waals surface area contributed by atoms with Crippen molar-refractivity contribution in [2.75, 3.05) is 27.7 Å². The number of benzene rings is 1. The SMILES string of the molecule is CN=C(NCc1ccnn1C)NCC(c1ccc(F)cc1)N(C)C. The number of halogens is 1. The minimum absolute atomic E-state index is 0.112. The second kappa shape index (κ2) is 8.44. The first kappa shape index (κ1) is 17.9. The van der Waals surface area contributed by atoms with Crippen LogP contribution >= 0.6 is 0 Å². The van der Waals surface area contributed by atoms with E-state index in [2.05, 4.69) is 25.6 Å². The molecule has 1 heterocycles. The van der Waals surface area contributed by atoms with Gasteiger partial charge in [-0.15, -0.1) is 0 Å². The van der Waals surface area contributed by atoms with Gasteiger partial charge in [0.1, 0.15) is 5.82 Å². The fraction of sp³-hybridized carbons (Fsp3) is 0.412. The standard InChI is InChI=1S/C17H25FN6/c1-19-17(20-11-15-9-10-22-24(15)4)21-12-16(23(2)3)13-5-7-14(18)8-6-13/h5-10,16H,11-12H2,1-4H3,(H2,19,20,21). The summed E-state index contributed by atoms with van der Waals surface area (Å²) in [6.45, 7) is 1.29. The van der Waals surface area contributed by atoms with E-state index in [1.165, 1.54) is 12.1 Å². The molecule has 2 aromatic rings. The van der Waals surface area contributed by atoms with Gasteiger partial charge in [-0.05, 0) is 37.9 Å². The Balaban J connectivity index is 1.94. The Morgan fingerprint density at radius 3 is 2.50 bits per heavy atom. The van der Waals surface area contributed by atoms with Crippen molar-refractivity contribution < 1.29 is 4.39 Å². The van der Waals surface area contributed by atoms with Gasteiger partial charge in [0.05, 0.1) is 18.3 Å². The van der Waals surface area contributed by atoms with Crippen molar-refractivity contribution in [3.8, 4) is 0 Å². The van der Waals surface area contributed by atoms with E-state index in [0.717, 1.165) is 11.3 Å². The van der Waals surface area contributed by atoms with Gasteiger partial charge in [0, 0.05) is 26.8 Å². The zero-order chi connectivity index (χ0) is 17.5. The summed E-state index contributed by atoms with van der Waals surface area (Å²) in [5.41, 5.74) is 2.12. The minimum Gasteiger partial charge on any atom is -0.354 e. The lowest BCUT2D eigenvalue weighted by Gasteiger charge is -2.26. The summed E-state index contributed by atoms with van der Waals surface area (Å²) in [5.74, 6) is 0.489. The smallest absolute Gasteiger partial charge is 0.191 e. The third-order valence-corrected chi connectivity index (χ3v) is 3.92. The van der Waals surface area contributed by atoms with E-state index in [0.29, 0.717) is 19.0 Å². The lowest BCUT2D eigenvalue weighted by Crippen LogP contribution is -2.41. The van der Waals surface area contributed by atoms with E-state index in [-0.39, 0.29) is 11.9 Å². The summed E-state index contributed by atoms with van der Waals surface area (Å²) >= 11 is 0. The predicted molar refractivity (Wildman–Crippen MR) is 94.2 cm³/mol. The van der Waals surface area contributed by atoms with Crippen molar-refractivity contribution in [2.24, 2.45) is 12.0 Å². The molecule has 0 aliphatic heterocycles. The topological polar surface area (TPSA) is 57.5 Å². The van der Waals surface area contributed by atoms with Gasteiger partial charge in [0.2, 0.25) is 0 Å². The molecule has 0 aliphatic rings. The molecule has 7 heteroatoms. The number of aliphatic imine (C=N–C) groups is 1. The first-order valence-corrected chi connectivity index (χ1v) is 7.84. The molecular formula is C17H25FN6. The monoisotopic (exact) mass is 332 g/mol. The van der Waals surface area contributed by atoms with Crippen molar-refractivity contribution in [3.05, 3.63) is 53.6 Å². The molecule has 2 rings (SSSR count). The fourth-order valence-electron chi connectivity index (χ4n) is 2.45. The first-order chi connectivity index (χ1) is 11.5. The van der Waals surface area contributed by atoms with Crippen molar-refractivity contribution in [2.45, 2.75) is 12.6 Å². The third kappa shape index (κ3) is 4.79. The van der Waals surface area contributed by atoms with E-state index in [4.69, 9.17) is 0 Å². The molecule has 1 aromatic carbocycles. The summed E-state index contributed by atoms with van der Waals surface area (Å²) in [4.78, 5) is 6.33. The molecular weight excluding hydrogens is 307 g/mol. The van der Waals surface area contributed by atoms with Gasteiger partial charge in [-0.1, -0.05) is 12.1 Å². The second-order valence-electron chi connectivity index (χ2n) is 5.78. The molecule has 6 nitrogen and oxygen atoms in total. The van der Waals surface area contributed by atoms with Crippen LogP contribution in [0.2, 0.25) is 0 Å². The highest BCUT2D eigenvalue weighted by molar-refractivity contribution is 5.79. The van der Waals surface area contributed by atoms with Crippen LogP contribution in [0.1, 0.15) is 17.3 Å². The Morgan fingerprint density at radius 1 is 1.25 bits per heavy atom. The number of likely N-dealkylation sites (N-methyl/N-ethyl adjacent to an activating group) is 1. The molecule has 0 saturated carbocycles. The Kier molecular flexibility index (Phi) is 6.31. The van der Waals surface area contributed by atoms with Crippen molar-refractivity contribution in [1.29, 1.82) is 0 Å². The van der Waals surface area contributed by atoms with Gasteiger partial charge >= 0.3 is 0 Å². The van der Waals surface area contributed by atoms with E-state index >= 15 is 0 Å². The summed E-state index contributed by atoms with van der Waals surface area (Å²) in [6, 6.07) is 8.67. The Morgan fingerprint density at radius 2 is 1.96 bits per heavy atom. The molecule has 0 spiro atoms. The van der Waals surface area contributed by atoms with E-state index in [1.54, 1.807) is 13.2 Å². The summed E-state index contributed by atoms with van der Waals surface area (Å²) < 4.78 is 14.9. The summed E-state index contributed by atoms with van der Waals surface area (Å²) in [7, 11) is 7.65. The maximum Gasteiger partial charge on any atom is 0.191 e. The van der Waals surface area contributed by atoms with E-state index < -0.39 is 0 Å². The van der Waals surface area contributed by atoms with Gasteiger partial charge in [0.15, 0.2) is 5.96 Å². The highest BCUT2D eigenvalue weighted by Crippen LogP contribution is 2.17. The van der Waals surface area contributed by atoms with Crippen LogP contribution in [-0.4, -0.2) is 48.3 Å². The lowest BCUT2D eigenvalue weighted by atomic mass is 10.1. The maximum absolute atomic E-state index is 13.1. The van der Waals surface area contributed by atoms with Gasteiger partial charge in [0.25, 0.3) is 0 Å². The summed E-state index contributed by atoms with van der Waals surface area (Å²) in [6.07, 6.45) is 1.77.